The zero-order chi connectivity index (χ0) is 13.9. The van der Waals surface area contributed by atoms with Crippen LogP contribution in [0.5, 0.6) is 0 Å². The van der Waals surface area contributed by atoms with Crippen LogP contribution in [0, 0.1) is 0 Å². The number of hydrogen-bond acceptors (Lipinski definition) is 4. The van der Waals surface area contributed by atoms with Crippen molar-refractivity contribution >= 4 is 11.8 Å². The van der Waals surface area contributed by atoms with Gasteiger partial charge in [0.15, 0.2) is 12.2 Å². The first kappa shape index (κ1) is 13.1. The predicted molar refractivity (Wildman–Crippen MR) is 71.8 cm³/mol. The van der Waals surface area contributed by atoms with Crippen molar-refractivity contribution in [2.75, 3.05) is 5.32 Å². The van der Waals surface area contributed by atoms with Crippen molar-refractivity contribution in [3.8, 4) is 11.3 Å². The van der Waals surface area contributed by atoms with E-state index in [2.05, 4.69) is 10.3 Å². The zero-order valence-electron chi connectivity index (χ0n) is 11.1. The van der Waals surface area contributed by atoms with Crippen LogP contribution in [0.25, 0.3) is 11.3 Å². The largest absolute Gasteiger partial charge is 0.444 e. The van der Waals surface area contributed by atoms with E-state index in [1.165, 1.54) is 6.39 Å². The van der Waals surface area contributed by atoms with Crippen LogP contribution in [0.4, 0.5) is 10.5 Å². The molecule has 1 amide bonds. The Hall–Kier alpha value is -2.30. The first-order chi connectivity index (χ1) is 8.94. The summed E-state index contributed by atoms with van der Waals surface area (Å²) in [5, 5.41) is 2.68. The van der Waals surface area contributed by atoms with Gasteiger partial charge in [0.1, 0.15) is 5.60 Å². The van der Waals surface area contributed by atoms with E-state index in [1.807, 2.05) is 32.9 Å². The summed E-state index contributed by atoms with van der Waals surface area (Å²) in [6.45, 7) is 5.45. The zero-order valence-corrected chi connectivity index (χ0v) is 11.1. The Morgan fingerprint density at radius 3 is 2.79 bits per heavy atom. The number of amides is 1. The molecule has 2 aromatic rings. The average molecular weight is 260 g/mol. The topological polar surface area (TPSA) is 64.4 Å². The lowest BCUT2D eigenvalue weighted by Gasteiger charge is -2.19. The van der Waals surface area contributed by atoms with Gasteiger partial charge in [0.05, 0.1) is 6.20 Å². The van der Waals surface area contributed by atoms with Crippen LogP contribution in [0.2, 0.25) is 0 Å². The van der Waals surface area contributed by atoms with Gasteiger partial charge < -0.3 is 9.15 Å². The second-order valence-electron chi connectivity index (χ2n) is 5.07. The molecule has 100 valence electrons. The van der Waals surface area contributed by atoms with E-state index >= 15 is 0 Å². The fourth-order valence-corrected chi connectivity index (χ4v) is 1.53. The summed E-state index contributed by atoms with van der Waals surface area (Å²) in [4.78, 5) is 15.5. The van der Waals surface area contributed by atoms with Gasteiger partial charge in [-0.25, -0.2) is 9.78 Å². The number of anilines is 1. The van der Waals surface area contributed by atoms with Crippen molar-refractivity contribution in [1.82, 2.24) is 4.98 Å². The normalized spacial score (nSPS) is 11.1. The van der Waals surface area contributed by atoms with E-state index in [0.29, 0.717) is 11.4 Å². The molecule has 0 aliphatic carbocycles. The van der Waals surface area contributed by atoms with E-state index in [9.17, 15) is 4.79 Å². The highest BCUT2D eigenvalue weighted by molar-refractivity contribution is 5.85. The Balaban J connectivity index is 2.10. The number of benzene rings is 1. The molecule has 0 saturated heterocycles. The molecule has 5 heteroatoms. The van der Waals surface area contributed by atoms with Crippen molar-refractivity contribution in [3.63, 3.8) is 0 Å². The van der Waals surface area contributed by atoms with Crippen molar-refractivity contribution in [3.05, 3.63) is 36.9 Å². The number of ether oxygens (including phenoxy) is 1. The SMILES string of the molecule is CC(C)(C)OC(=O)Nc1cccc(-c2cnco2)c1. The highest BCUT2D eigenvalue weighted by atomic mass is 16.6. The Kier molecular flexibility index (Phi) is 3.55. The molecular formula is C14H16N2O3. The number of carbonyl (C=O) groups excluding carboxylic acids is 1. The monoisotopic (exact) mass is 260 g/mol. The summed E-state index contributed by atoms with van der Waals surface area (Å²) in [5.41, 5.74) is 0.960. The number of carbonyl (C=O) groups is 1. The van der Waals surface area contributed by atoms with Gasteiger partial charge in [-0.15, -0.1) is 0 Å². The molecule has 1 aromatic carbocycles. The van der Waals surface area contributed by atoms with Crippen LogP contribution in [-0.2, 0) is 4.74 Å². The van der Waals surface area contributed by atoms with Crippen LogP contribution < -0.4 is 5.32 Å². The standard InChI is InChI=1S/C14H16N2O3/c1-14(2,3)19-13(17)16-11-6-4-5-10(7-11)12-8-15-9-18-12/h4-9H,1-3H3,(H,16,17). The Morgan fingerprint density at radius 2 is 2.16 bits per heavy atom. The molecule has 19 heavy (non-hydrogen) atoms. The third kappa shape index (κ3) is 3.84. The first-order valence-electron chi connectivity index (χ1n) is 5.93. The summed E-state index contributed by atoms with van der Waals surface area (Å²) < 4.78 is 10.4. The number of rotatable bonds is 2. The van der Waals surface area contributed by atoms with Gasteiger partial charge in [0.25, 0.3) is 0 Å². The maximum Gasteiger partial charge on any atom is 0.412 e. The van der Waals surface area contributed by atoms with E-state index in [1.54, 1.807) is 18.3 Å². The lowest BCUT2D eigenvalue weighted by Crippen LogP contribution is -2.27. The first-order valence-corrected chi connectivity index (χ1v) is 5.93. The fourth-order valence-electron chi connectivity index (χ4n) is 1.53. The van der Waals surface area contributed by atoms with Crippen molar-refractivity contribution in [2.24, 2.45) is 0 Å². The highest BCUT2D eigenvalue weighted by Gasteiger charge is 2.16. The quantitative estimate of drug-likeness (QED) is 0.894. The van der Waals surface area contributed by atoms with Crippen molar-refractivity contribution < 1.29 is 13.9 Å². The van der Waals surface area contributed by atoms with Crippen molar-refractivity contribution in [2.45, 2.75) is 26.4 Å². The van der Waals surface area contributed by atoms with E-state index in [0.717, 1.165) is 5.56 Å². The third-order valence-electron chi connectivity index (χ3n) is 2.22. The number of oxazole rings is 1. The summed E-state index contributed by atoms with van der Waals surface area (Å²) in [6, 6.07) is 7.28. The molecule has 0 bridgehead atoms. The Bertz CT molecular complexity index is 556. The Labute approximate surface area is 111 Å². The fraction of sp³-hybridized carbons (Fsp3) is 0.286. The summed E-state index contributed by atoms with van der Waals surface area (Å²) >= 11 is 0. The van der Waals surface area contributed by atoms with E-state index in [4.69, 9.17) is 9.15 Å². The molecule has 0 aliphatic heterocycles. The molecule has 1 aromatic heterocycles. The van der Waals surface area contributed by atoms with Crippen LogP contribution >= 0.6 is 0 Å². The van der Waals surface area contributed by atoms with Gasteiger partial charge in [-0.05, 0) is 32.9 Å². The van der Waals surface area contributed by atoms with Gasteiger partial charge >= 0.3 is 6.09 Å². The number of aromatic nitrogens is 1. The smallest absolute Gasteiger partial charge is 0.412 e. The van der Waals surface area contributed by atoms with Crippen molar-refractivity contribution in [1.29, 1.82) is 0 Å². The summed E-state index contributed by atoms with van der Waals surface area (Å²) in [5.74, 6) is 0.646. The molecule has 5 nitrogen and oxygen atoms in total. The molecule has 0 spiro atoms. The number of nitrogens with zero attached hydrogens (tertiary/aromatic N) is 1. The molecule has 1 N–H and O–H groups in total. The van der Waals surface area contributed by atoms with Crippen LogP contribution in [0.1, 0.15) is 20.8 Å². The summed E-state index contributed by atoms with van der Waals surface area (Å²) in [6.07, 6.45) is 2.50. The molecule has 1 heterocycles. The maximum atomic E-state index is 11.7. The maximum absolute atomic E-state index is 11.7. The average Bonchev–Trinajstić information content (AvgIpc) is 2.79. The third-order valence-corrected chi connectivity index (χ3v) is 2.22. The lowest BCUT2D eigenvalue weighted by molar-refractivity contribution is 0.0636. The molecular weight excluding hydrogens is 244 g/mol. The molecule has 0 saturated carbocycles. The number of nitrogens with one attached hydrogen (secondary N) is 1. The molecule has 0 atom stereocenters. The van der Waals surface area contributed by atoms with Gasteiger partial charge in [-0.1, -0.05) is 12.1 Å². The minimum Gasteiger partial charge on any atom is -0.444 e. The minimum atomic E-state index is -0.521. The van der Waals surface area contributed by atoms with Gasteiger partial charge in [0.2, 0.25) is 0 Å². The molecule has 0 radical (unpaired) electrons. The Morgan fingerprint density at radius 1 is 1.37 bits per heavy atom. The molecule has 0 aliphatic rings. The summed E-state index contributed by atoms with van der Waals surface area (Å²) in [7, 11) is 0. The van der Waals surface area contributed by atoms with Crippen LogP contribution in [-0.4, -0.2) is 16.7 Å². The van der Waals surface area contributed by atoms with E-state index < -0.39 is 11.7 Å². The lowest BCUT2D eigenvalue weighted by atomic mass is 10.1. The van der Waals surface area contributed by atoms with Gasteiger partial charge in [-0.2, -0.15) is 0 Å². The minimum absolute atomic E-state index is 0.484. The molecule has 0 fully saturated rings. The van der Waals surface area contributed by atoms with Gasteiger partial charge in [-0.3, -0.25) is 5.32 Å². The second-order valence-corrected chi connectivity index (χ2v) is 5.07. The number of hydrogen-bond donors (Lipinski definition) is 1. The van der Waals surface area contributed by atoms with E-state index in [-0.39, 0.29) is 0 Å². The second kappa shape index (κ2) is 5.14. The molecule has 0 unspecified atom stereocenters. The molecule has 2 rings (SSSR count). The highest BCUT2D eigenvalue weighted by Crippen LogP contribution is 2.22. The van der Waals surface area contributed by atoms with Crippen LogP contribution in [0.15, 0.2) is 41.3 Å². The van der Waals surface area contributed by atoms with Gasteiger partial charge in [0, 0.05) is 11.3 Å². The predicted octanol–water partition coefficient (Wildman–Crippen LogP) is 3.69. The van der Waals surface area contributed by atoms with Crippen LogP contribution in [0.3, 0.4) is 0 Å².